The number of piperidine rings is 1. The van der Waals surface area contributed by atoms with Crippen molar-refractivity contribution in [3.8, 4) is 5.75 Å². The summed E-state index contributed by atoms with van der Waals surface area (Å²) < 4.78 is 37.8. The lowest BCUT2D eigenvalue weighted by atomic mass is 9.98. The molecule has 3 rings (SSSR count). The van der Waals surface area contributed by atoms with Crippen LogP contribution >= 0.6 is 11.6 Å². The van der Waals surface area contributed by atoms with Gasteiger partial charge in [-0.1, -0.05) is 23.7 Å². The fourth-order valence-electron chi connectivity index (χ4n) is 3.25. The van der Waals surface area contributed by atoms with Gasteiger partial charge in [-0.25, -0.2) is 8.42 Å². The highest BCUT2D eigenvalue weighted by molar-refractivity contribution is 7.89. The summed E-state index contributed by atoms with van der Waals surface area (Å²) in [6, 6.07) is 13.5. The van der Waals surface area contributed by atoms with Crippen LogP contribution in [0.15, 0.2) is 53.4 Å². The zero-order valence-electron chi connectivity index (χ0n) is 16.2. The molecule has 2 aromatic carbocycles. The Balaban J connectivity index is 1.54. The molecule has 156 valence electrons. The Labute approximate surface area is 176 Å². The minimum absolute atomic E-state index is 0.157. The highest BCUT2D eigenvalue weighted by Crippen LogP contribution is 2.26. The minimum Gasteiger partial charge on any atom is -0.494 e. The van der Waals surface area contributed by atoms with Crippen LogP contribution in [-0.4, -0.2) is 38.4 Å². The Hall–Kier alpha value is -2.09. The second kappa shape index (κ2) is 9.61. The molecule has 0 amide bonds. The van der Waals surface area contributed by atoms with E-state index in [1.54, 1.807) is 42.5 Å². The van der Waals surface area contributed by atoms with Crippen LogP contribution in [0.5, 0.6) is 5.75 Å². The number of sulfonamides is 1. The first-order valence-corrected chi connectivity index (χ1v) is 11.4. The number of benzene rings is 2. The predicted octanol–water partition coefficient (Wildman–Crippen LogP) is 3.88. The van der Waals surface area contributed by atoms with Gasteiger partial charge in [0.2, 0.25) is 10.0 Å². The van der Waals surface area contributed by atoms with Crippen LogP contribution in [0.2, 0.25) is 5.02 Å². The van der Waals surface area contributed by atoms with Gasteiger partial charge < -0.3 is 9.47 Å². The lowest BCUT2D eigenvalue weighted by molar-refractivity contribution is -0.151. The number of halogens is 1. The van der Waals surface area contributed by atoms with Crippen LogP contribution in [0.1, 0.15) is 25.3 Å². The normalized spacial score (nSPS) is 15.8. The molecule has 29 heavy (non-hydrogen) atoms. The second-order valence-corrected chi connectivity index (χ2v) is 9.19. The van der Waals surface area contributed by atoms with E-state index in [0.29, 0.717) is 30.2 Å². The third-order valence-corrected chi connectivity index (χ3v) is 6.98. The topological polar surface area (TPSA) is 72.9 Å². The molecule has 0 aliphatic carbocycles. The van der Waals surface area contributed by atoms with E-state index in [4.69, 9.17) is 21.1 Å². The summed E-state index contributed by atoms with van der Waals surface area (Å²) >= 11 is 5.93. The molecule has 0 N–H and O–H groups in total. The van der Waals surface area contributed by atoms with Crippen molar-refractivity contribution < 1.29 is 22.7 Å². The van der Waals surface area contributed by atoms with Gasteiger partial charge in [0.25, 0.3) is 0 Å². The monoisotopic (exact) mass is 437 g/mol. The predicted molar refractivity (Wildman–Crippen MR) is 110 cm³/mol. The molecule has 0 atom stereocenters. The first-order valence-electron chi connectivity index (χ1n) is 9.54. The molecule has 0 aromatic heterocycles. The Bertz CT molecular complexity index is 938. The first-order chi connectivity index (χ1) is 13.9. The molecular formula is C21H24ClNO5S. The zero-order chi connectivity index (χ0) is 20.9. The van der Waals surface area contributed by atoms with Crippen LogP contribution in [0, 0.1) is 5.92 Å². The molecule has 0 spiro atoms. The molecule has 1 aliphatic rings. The molecule has 2 aromatic rings. The van der Waals surface area contributed by atoms with Gasteiger partial charge in [-0.2, -0.15) is 4.31 Å². The highest BCUT2D eigenvalue weighted by Gasteiger charge is 2.32. The summed E-state index contributed by atoms with van der Waals surface area (Å²) in [5.74, 6) is 0.0247. The van der Waals surface area contributed by atoms with Crippen molar-refractivity contribution in [3.63, 3.8) is 0 Å². The summed E-state index contributed by atoms with van der Waals surface area (Å²) in [7, 11) is -3.59. The van der Waals surface area contributed by atoms with E-state index in [0.717, 1.165) is 5.56 Å². The first kappa shape index (κ1) is 21.6. The quantitative estimate of drug-likeness (QED) is 0.614. The maximum atomic E-state index is 12.8. The van der Waals surface area contributed by atoms with Gasteiger partial charge in [-0.3, -0.25) is 4.79 Å². The summed E-state index contributed by atoms with van der Waals surface area (Å²) in [6.45, 7) is 3.12. The van der Waals surface area contributed by atoms with E-state index in [1.807, 2.05) is 13.0 Å². The van der Waals surface area contributed by atoms with Crippen molar-refractivity contribution in [2.45, 2.75) is 31.3 Å². The summed E-state index contributed by atoms with van der Waals surface area (Å²) in [5, 5.41) is 0.589. The summed E-state index contributed by atoms with van der Waals surface area (Å²) in [6.07, 6.45) is 0.870. The van der Waals surface area contributed by atoms with Gasteiger partial charge in [0.05, 0.1) is 17.4 Å². The van der Waals surface area contributed by atoms with Gasteiger partial charge in [-0.05, 0) is 61.7 Å². The van der Waals surface area contributed by atoms with Crippen LogP contribution in [0.4, 0.5) is 0 Å². The molecule has 1 fully saturated rings. The fourth-order valence-corrected chi connectivity index (χ4v) is 4.94. The number of esters is 1. The SMILES string of the molecule is CCOc1ccc(S(=O)(=O)N2CCC(C(=O)OCc3cccc(Cl)c3)CC2)cc1. The molecule has 1 aliphatic heterocycles. The second-order valence-electron chi connectivity index (χ2n) is 6.82. The van der Waals surface area contributed by atoms with Crippen molar-refractivity contribution in [1.82, 2.24) is 4.31 Å². The van der Waals surface area contributed by atoms with Crippen LogP contribution in [0.25, 0.3) is 0 Å². The number of carbonyl (C=O) groups is 1. The van der Waals surface area contributed by atoms with Crippen LogP contribution in [0.3, 0.4) is 0 Å². The third kappa shape index (κ3) is 5.50. The van der Waals surface area contributed by atoms with Crippen molar-refractivity contribution in [3.05, 3.63) is 59.1 Å². The smallest absolute Gasteiger partial charge is 0.309 e. The van der Waals surface area contributed by atoms with Gasteiger partial charge in [0.15, 0.2) is 0 Å². The average Bonchev–Trinajstić information content (AvgIpc) is 2.73. The number of rotatable bonds is 7. The fraction of sp³-hybridized carbons (Fsp3) is 0.381. The molecule has 6 nitrogen and oxygen atoms in total. The zero-order valence-corrected chi connectivity index (χ0v) is 17.8. The number of ether oxygens (including phenoxy) is 2. The Morgan fingerprint density at radius 1 is 1.14 bits per heavy atom. The van der Waals surface area contributed by atoms with Crippen molar-refractivity contribution in [1.29, 1.82) is 0 Å². The van der Waals surface area contributed by atoms with Crippen LogP contribution in [-0.2, 0) is 26.2 Å². The van der Waals surface area contributed by atoms with Gasteiger partial charge in [-0.15, -0.1) is 0 Å². The molecule has 0 saturated carbocycles. The van der Waals surface area contributed by atoms with E-state index in [2.05, 4.69) is 0 Å². The lowest BCUT2D eigenvalue weighted by Gasteiger charge is -2.30. The lowest BCUT2D eigenvalue weighted by Crippen LogP contribution is -2.40. The Kier molecular flexibility index (Phi) is 7.16. The van der Waals surface area contributed by atoms with Gasteiger partial charge in [0.1, 0.15) is 12.4 Å². The van der Waals surface area contributed by atoms with Gasteiger partial charge in [0, 0.05) is 18.1 Å². The Morgan fingerprint density at radius 2 is 1.83 bits per heavy atom. The van der Waals surface area contributed by atoms with Gasteiger partial charge >= 0.3 is 5.97 Å². The molecule has 0 unspecified atom stereocenters. The third-order valence-electron chi connectivity index (χ3n) is 4.83. The maximum absolute atomic E-state index is 12.8. The van der Waals surface area contributed by atoms with Crippen molar-refractivity contribution in [2.24, 2.45) is 5.92 Å². The minimum atomic E-state index is -3.59. The number of hydrogen-bond acceptors (Lipinski definition) is 5. The highest BCUT2D eigenvalue weighted by atomic mass is 35.5. The summed E-state index contributed by atoms with van der Waals surface area (Å²) in [5.41, 5.74) is 0.821. The number of hydrogen-bond donors (Lipinski definition) is 0. The largest absolute Gasteiger partial charge is 0.494 e. The number of carbonyl (C=O) groups excluding carboxylic acids is 1. The van der Waals surface area contributed by atoms with Crippen LogP contribution < -0.4 is 4.74 Å². The maximum Gasteiger partial charge on any atom is 0.309 e. The van der Waals surface area contributed by atoms with E-state index in [1.165, 1.54) is 4.31 Å². The molecular weight excluding hydrogens is 414 g/mol. The standard InChI is InChI=1S/C21H24ClNO5S/c1-2-27-19-6-8-20(9-7-19)29(25,26)23-12-10-17(11-13-23)21(24)28-15-16-4-3-5-18(22)14-16/h3-9,14,17H,2,10-13,15H2,1H3. The molecule has 1 heterocycles. The van der Waals surface area contributed by atoms with E-state index in [-0.39, 0.29) is 36.5 Å². The molecule has 0 bridgehead atoms. The van der Waals surface area contributed by atoms with E-state index in [9.17, 15) is 13.2 Å². The number of nitrogens with zero attached hydrogens (tertiary/aromatic N) is 1. The van der Waals surface area contributed by atoms with E-state index < -0.39 is 10.0 Å². The van der Waals surface area contributed by atoms with Crippen molar-refractivity contribution in [2.75, 3.05) is 19.7 Å². The average molecular weight is 438 g/mol. The van der Waals surface area contributed by atoms with Crippen molar-refractivity contribution >= 4 is 27.6 Å². The molecule has 0 radical (unpaired) electrons. The Morgan fingerprint density at radius 3 is 2.45 bits per heavy atom. The van der Waals surface area contributed by atoms with E-state index >= 15 is 0 Å². The molecule has 8 heteroatoms. The molecule has 1 saturated heterocycles. The summed E-state index contributed by atoms with van der Waals surface area (Å²) in [4.78, 5) is 12.6.